The molecular weight excluding hydrogens is 224 g/mol. The number of hydrogen-bond donors (Lipinski definition) is 2. The van der Waals surface area contributed by atoms with E-state index in [0.29, 0.717) is 6.04 Å². The summed E-state index contributed by atoms with van der Waals surface area (Å²) in [7, 11) is 0. The molecule has 0 bridgehead atoms. The molecule has 1 aliphatic rings. The summed E-state index contributed by atoms with van der Waals surface area (Å²) in [6.45, 7) is 7.66. The number of rotatable bonds is 4. The van der Waals surface area contributed by atoms with Crippen molar-refractivity contribution in [2.45, 2.75) is 46.1 Å². The van der Waals surface area contributed by atoms with Crippen LogP contribution >= 0.6 is 0 Å². The Kier molecular flexibility index (Phi) is 4.39. The van der Waals surface area contributed by atoms with Crippen molar-refractivity contribution in [1.29, 1.82) is 0 Å². The lowest BCUT2D eigenvalue weighted by Gasteiger charge is -2.32. The van der Waals surface area contributed by atoms with Crippen molar-refractivity contribution < 1.29 is 0 Å². The summed E-state index contributed by atoms with van der Waals surface area (Å²) < 4.78 is 0. The van der Waals surface area contributed by atoms with Gasteiger partial charge in [0.1, 0.15) is 18.0 Å². The lowest BCUT2D eigenvalue weighted by Crippen LogP contribution is -2.30. The van der Waals surface area contributed by atoms with E-state index in [1.54, 1.807) is 6.33 Å². The van der Waals surface area contributed by atoms with Crippen molar-refractivity contribution in [1.82, 2.24) is 9.97 Å². The molecular formula is C14H24N4. The molecule has 0 saturated heterocycles. The Labute approximate surface area is 110 Å². The van der Waals surface area contributed by atoms with E-state index in [0.717, 1.165) is 30.0 Å². The fourth-order valence-corrected chi connectivity index (χ4v) is 2.60. The van der Waals surface area contributed by atoms with Gasteiger partial charge in [0.15, 0.2) is 0 Å². The fraction of sp³-hybridized carbons (Fsp3) is 0.714. The molecule has 100 valence electrons. The molecule has 0 spiro atoms. The quantitative estimate of drug-likeness (QED) is 0.859. The van der Waals surface area contributed by atoms with Crippen molar-refractivity contribution in [2.24, 2.45) is 11.8 Å². The van der Waals surface area contributed by atoms with Gasteiger partial charge in [0.25, 0.3) is 0 Å². The summed E-state index contributed by atoms with van der Waals surface area (Å²) in [6.07, 6.45) is 5.41. The third-order valence-corrected chi connectivity index (χ3v) is 3.98. The highest BCUT2D eigenvalue weighted by Crippen LogP contribution is 2.30. The highest BCUT2D eigenvalue weighted by Gasteiger charge is 2.24. The maximum absolute atomic E-state index is 4.30. The Bertz CT molecular complexity index is 380. The number of hydrogen-bond acceptors (Lipinski definition) is 4. The highest BCUT2D eigenvalue weighted by molar-refractivity contribution is 5.46. The molecule has 1 heterocycles. The van der Waals surface area contributed by atoms with Crippen LogP contribution in [0, 0.1) is 11.8 Å². The first-order chi connectivity index (χ1) is 8.69. The van der Waals surface area contributed by atoms with E-state index in [-0.39, 0.29) is 0 Å². The summed E-state index contributed by atoms with van der Waals surface area (Å²) in [6, 6.07) is 2.55. The van der Waals surface area contributed by atoms with E-state index >= 15 is 0 Å². The summed E-state index contributed by atoms with van der Waals surface area (Å²) in [4.78, 5) is 8.48. The van der Waals surface area contributed by atoms with E-state index in [4.69, 9.17) is 0 Å². The van der Waals surface area contributed by atoms with Crippen LogP contribution in [0.5, 0.6) is 0 Å². The van der Waals surface area contributed by atoms with Crippen LogP contribution in [-0.2, 0) is 0 Å². The Morgan fingerprint density at radius 2 is 1.94 bits per heavy atom. The molecule has 3 unspecified atom stereocenters. The van der Waals surface area contributed by atoms with E-state index < -0.39 is 0 Å². The predicted octanol–water partition coefficient (Wildman–Crippen LogP) is 3.15. The molecule has 0 radical (unpaired) electrons. The van der Waals surface area contributed by atoms with E-state index in [1.165, 1.54) is 19.3 Å². The monoisotopic (exact) mass is 248 g/mol. The molecule has 0 aromatic carbocycles. The first kappa shape index (κ1) is 13.1. The van der Waals surface area contributed by atoms with Crippen LogP contribution in [0.3, 0.4) is 0 Å². The molecule has 18 heavy (non-hydrogen) atoms. The maximum Gasteiger partial charge on any atom is 0.131 e. The zero-order chi connectivity index (χ0) is 13.0. The molecule has 1 aromatic rings. The summed E-state index contributed by atoms with van der Waals surface area (Å²) in [5, 5.41) is 6.75. The minimum atomic E-state index is 0.556. The summed E-state index contributed by atoms with van der Waals surface area (Å²) >= 11 is 0. The third kappa shape index (κ3) is 3.34. The number of anilines is 2. The first-order valence-electron chi connectivity index (χ1n) is 7.01. The topological polar surface area (TPSA) is 49.8 Å². The van der Waals surface area contributed by atoms with Gasteiger partial charge >= 0.3 is 0 Å². The van der Waals surface area contributed by atoms with Crippen LogP contribution in [0.1, 0.15) is 40.0 Å². The molecule has 0 aliphatic heterocycles. The van der Waals surface area contributed by atoms with E-state index in [2.05, 4.69) is 41.4 Å². The molecule has 4 nitrogen and oxygen atoms in total. The molecule has 1 fully saturated rings. The van der Waals surface area contributed by atoms with Gasteiger partial charge in [0.05, 0.1) is 0 Å². The predicted molar refractivity (Wildman–Crippen MR) is 75.8 cm³/mol. The Balaban J connectivity index is 1.94. The minimum absolute atomic E-state index is 0.556. The van der Waals surface area contributed by atoms with Gasteiger partial charge in [-0.15, -0.1) is 0 Å². The molecule has 2 N–H and O–H groups in total. The highest BCUT2D eigenvalue weighted by atomic mass is 15.1. The van der Waals surface area contributed by atoms with Crippen LogP contribution in [-0.4, -0.2) is 22.6 Å². The lowest BCUT2D eigenvalue weighted by atomic mass is 9.79. The normalized spacial score (nSPS) is 27.8. The average molecular weight is 248 g/mol. The van der Waals surface area contributed by atoms with Crippen molar-refractivity contribution in [3.63, 3.8) is 0 Å². The van der Waals surface area contributed by atoms with E-state index in [9.17, 15) is 0 Å². The van der Waals surface area contributed by atoms with Crippen molar-refractivity contribution in [3.05, 3.63) is 12.4 Å². The van der Waals surface area contributed by atoms with Gasteiger partial charge in [-0.2, -0.15) is 0 Å². The second kappa shape index (κ2) is 6.03. The van der Waals surface area contributed by atoms with Crippen LogP contribution < -0.4 is 10.6 Å². The maximum atomic E-state index is 4.30. The zero-order valence-electron chi connectivity index (χ0n) is 11.6. The Morgan fingerprint density at radius 3 is 2.67 bits per heavy atom. The minimum Gasteiger partial charge on any atom is -0.370 e. The summed E-state index contributed by atoms with van der Waals surface area (Å²) in [5.74, 6) is 3.48. The summed E-state index contributed by atoms with van der Waals surface area (Å²) in [5.41, 5.74) is 0. The first-order valence-corrected chi connectivity index (χ1v) is 7.01. The molecule has 0 amide bonds. The Morgan fingerprint density at radius 1 is 1.17 bits per heavy atom. The molecule has 1 aliphatic carbocycles. The van der Waals surface area contributed by atoms with Crippen LogP contribution in [0.4, 0.5) is 11.6 Å². The molecule has 1 saturated carbocycles. The molecule has 2 rings (SSSR count). The van der Waals surface area contributed by atoms with Crippen molar-refractivity contribution in [3.8, 4) is 0 Å². The van der Waals surface area contributed by atoms with Gasteiger partial charge in [-0.1, -0.05) is 13.8 Å². The molecule has 1 aromatic heterocycles. The van der Waals surface area contributed by atoms with Crippen LogP contribution in [0.15, 0.2) is 12.4 Å². The third-order valence-electron chi connectivity index (χ3n) is 3.98. The van der Waals surface area contributed by atoms with Crippen molar-refractivity contribution >= 4 is 11.6 Å². The van der Waals surface area contributed by atoms with E-state index in [1.807, 2.05) is 6.07 Å². The second-order valence-corrected chi connectivity index (χ2v) is 5.43. The number of nitrogens with one attached hydrogen (secondary N) is 2. The van der Waals surface area contributed by atoms with Gasteiger partial charge in [0.2, 0.25) is 0 Å². The largest absolute Gasteiger partial charge is 0.370 e. The van der Waals surface area contributed by atoms with Gasteiger partial charge in [0, 0.05) is 18.7 Å². The van der Waals surface area contributed by atoms with Crippen LogP contribution in [0.25, 0.3) is 0 Å². The Hall–Kier alpha value is -1.32. The number of aromatic nitrogens is 2. The van der Waals surface area contributed by atoms with Gasteiger partial charge in [-0.05, 0) is 38.0 Å². The number of nitrogens with zero attached hydrogens (tertiary/aromatic N) is 2. The average Bonchev–Trinajstić information content (AvgIpc) is 2.35. The SMILES string of the molecule is CCNc1cc(NC2CCC(C)C(C)C2)ncn1. The van der Waals surface area contributed by atoms with Gasteiger partial charge in [-0.3, -0.25) is 0 Å². The smallest absolute Gasteiger partial charge is 0.131 e. The van der Waals surface area contributed by atoms with Gasteiger partial charge in [-0.25, -0.2) is 9.97 Å². The fourth-order valence-electron chi connectivity index (χ4n) is 2.60. The van der Waals surface area contributed by atoms with Gasteiger partial charge < -0.3 is 10.6 Å². The van der Waals surface area contributed by atoms with Crippen molar-refractivity contribution in [2.75, 3.05) is 17.2 Å². The zero-order valence-corrected chi connectivity index (χ0v) is 11.6. The molecule has 4 heteroatoms. The van der Waals surface area contributed by atoms with Crippen LogP contribution in [0.2, 0.25) is 0 Å². The molecule has 3 atom stereocenters. The standard InChI is InChI=1S/C14H24N4/c1-4-15-13-8-14(17-9-16-13)18-12-6-5-10(2)11(3)7-12/h8-12H,4-7H2,1-3H3,(H2,15,16,17,18). The second-order valence-electron chi connectivity index (χ2n) is 5.43. The lowest BCUT2D eigenvalue weighted by molar-refractivity contribution is 0.260.